The number of rotatable bonds is 4. The number of methoxy groups -OCH3 is 2. The number of hydrogen-bond donors (Lipinski definition) is 0. The number of carbonyl (C=O) groups excluding carboxylic acids is 1. The number of ether oxygens (including phenoxy) is 3. The Bertz CT molecular complexity index is 211. The summed E-state index contributed by atoms with van der Waals surface area (Å²) in [4.78, 5) is 11.7. The quantitative estimate of drug-likeness (QED) is 0.530. The third kappa shape index (κ3) is 2.49. The summed E-state index contributed by atoms with van der Waals surface area (Å²) in [5, 5.41) is 0. The summed E-state index contributed by atoms with van der Waals surface area (Å²) < 4.78 is 15.8. The van der Waals surface area contributed by atoms with Crippen molar-refractivity contribution in [2.75, 3.05) is 20.8 Å². The average molecular weight is 216 g/mol. The normalized spacial score (nSPS) is 24.9. The van der Waals surface area contributed by atoms with Gasteiger partial charge in [-0.15, -0.1) is 0 Å². The molecular formula is C11H20O4. The van der Waals surface area contributed by atoms with Gasteiger partial charge in [0.25, 0.3) is 0 Å². The Morgan fingerprint density at radius 1 is 1.33 bits per heavy atom. The molecule has 1 saturated carbocycles. The minimum Gasteiger partial charge on any atom is -0.466 e. The lowest BCUT2D eigenvalue weighted by atomic mass is 9.83. The zero-order valence-electron chi connectivity index (χ0n) is 9.75. The van der Waals surface area contributed by atoms with Crippen LogP contribution in [0.2, 0.25) is 0 Å². The van der Waals surface area contributed by atoms with Crippen molar-refractivity contribution in [3.05, 3.63) is 0 Å². The zero-order chi connectivity index (χ0) is 11.3. The molecule has 15 heavy (non-hydrogen) atoms. The van der Waals surface area contributed by atoms with E-state index >= 15 is 0 Å². The fraction of sp³-hybridized carbons (Fsp3) is 0.909. The van der Waals surface area contributed by atoms with Crippen molar-refractivity contribution in [3.8, 4) is 0 Å². The van der Waals surface area contributed by atoms with Gasteiger partial charge in [0.15, 0.2) is 5.79 Å². The van der Waals surface area contributed by atoms with Crippen LogP contribution in [0.4, 0.5) is 0 Å². The molecule has 4 nitrogen and oxygen atoms in total. The lowest BCUT2D eigenvalue weighted by Crippen LogP contribution is -2.48. The van der Waals surface area contributed by atoms with Gasteiger partial charge < -0.3 is 14.2 Å². The molecule has 0 amide bonds. The van der Waals surface area contributed by atoms with Crippen LogP contribution in [0, 0.1) is 5.92 Å². The summed E-state index contributed by atoms with van der Waals surface area (Å²) >= 11 is 0. The van der Waals surface area contributed by atoms with E-state index in [1.54, 1.807) is 14.2 Å². The summed E-state index contributed by atoms with van der Waals surface area (Å²) in [6, 6.07) is 0. The molecule has 1 aliphatic rings. The van der Waals surface area contributed by atoms with Crippen molar-refractivity contribution in [1.29, 1.82) is 0 Å². The average Bonchev–Trinajstić information content (AvgIpc) is 2.29. The summed E-state index contributed by atoms with van der Waals surface area (Å²) in [5.41, 5.74) is 0. The molecule has 0 aromatic carbocycles. The minimum absolute atomic E-state index is 0.207. The number of esters is 1. The third-order valence-electron chi connectivity index (χ3n) is 3.06. The van der Waals surface area contributed by atoms with Crippen LogP contribution in [0.15, 0.2) is 0 Å². The van der Waals surface area contributed by atoms with E-state index < -0.39 is 5.79 Å². The predicted molar refractivity (Wildman–Crippen MR) is 55.3 cm³/mol. The minimum atomic E-state index is -0.773. The van der Waals surface area contributed by atoms with Crippen LogP contribution in [-0.4, -0.2) is 32.6 Å². The van der Waals surface area contributed by atoms with Crippen molar-refractivity contribution in [3.63, 3.8) is 0 Å². The van der Waals surface area contributed by atoms with Crippen molar-refractivity contribution < 1.29 is 19.0 Å². The fourth-order valence-electron chi connectivity index (χ4n) is 2.23. The molecule has 0 saturated heterocycles. The molecule has 1 aliphatic carbocycles. The monoisotopic (exact) mass is 216 g/mol. The van der Waals surface area contributed by atoms with Crippen molar-refractivity contribution in [1.82, 2.24) is 0 Å². The topological polar surface area (TPSA) is 44.8 Å². The van der Waals surface area contributed by atoms with Gasteiger partial charge in [-0.05, 0) is 19.8 Å². The summed E-state index contributed by atoms with van der Waals surface area (Å²) in [6.45, 7) is 2.21. The highest BCUT2D eigenvalue weighted by molar-refractivity contribution is 5.73. The summed E-state index contributed by atoms with van der Waals surface area (Å²) in [7, 11) is 3.17. The summed E-state index contributed by atoms with van der Waals surface area (Å²) in [5.74, 6) is -1.27. The van der Waals surface area contributed by atoms with Crippen LogP contribution in [0.5, 0.6) is 0 Å². The van der Waals surface area contributed by atoms with Crippen LogP contribution in [0.1, 0.15) is 32.6 Å². The van der Waals surface area contributed by atoms with E-state index in [9.17, 15) is 4.79 Å². The Balaban J connectivity index is 2.76. The van der Waals surface area contributed by atoms with Crippen LogP contribution >= 0.6 is 0 Å². The van der Waals surface area contributed by atoms with E-state index in [1.807, 2.05) is 6.92 Å². The zero-order valence-corrected chi connectivity index (χ0v) is 9.75. The van der Waals surface area contributed by atoms with Crippen molar-refractivity contribution in [2.45, 2.75) is 38.4 Å². The predicted octanol–water partition coefficient (Wildman–Crippen LogP) is 1.73. The molecule has 0 radical (unpaired) electrons. The highest BCUT2D eigenvalue weighted by Crippen LogP contribution is 2.37. The van der Waals surface area contributed by atoms with Crippen LogP contribution in [0.3, 0.4) is 0 Å². The first-order valence-corrected chi connectivity index (χ1v) is 5.47. The van der Waals surface area contributed by atoms with E-state index in [1.165, 1.54) is 0 Å². The van der Waals surface area contributed by atoms with Gasteiger partial charge in [0.2, 0.25) is 0 Å². The molecule has 0 spiro atoms. The fourth-order valence-corrected chi connectivity index (χ4v) is 2.23. The molecule has 1 atom stereocenters. The van der Waals surface area contributed by atoms with Gasteiger partial charge in [-0.2, -0.15) is 0 Å². The molecule has 1 rings (SSSR count). The van der Waals surface area contributed by atoms with Crippen LogP contribution in [0.25, 0.3) is 0 Å². The van der Waals surface area contributed by atoms with Crippen molar-refractivity contribution in [2.24, 2.45) is 5.92 Å². The van der Waals surface area contributed by atoms with Gasteiger partial charge in [-0.1, -0.05) is 6.42 Å². The molecule has 4 heteroatoms. The third-order valence-corrected chi connectivity index (χ3v) is 3.06. The van der Waals surface area contributed by atoms with Gasteiger partial charge in [0, 0.05) is 20.6 Å². The summed E-state index contributed by atoms with van der Waals surface area (Å²) in [6.07, 6.45) is 3.58. The highest BCUT2D eigenvalue weighted by Gasteiger charge is 2.46. The number of carbonyl (C=O) groups is 1. The maximum atomic E-state index is 11.7. The first-order chi connectivity index (χ1) is 7.20. The Morgan fingerprint density at radius 2 is 2.00 bits per heavy atom. The molecule has 88 valence electrons. The standard InChI is InChI=1S/C11H20O4/c1-4-15-10(12)9-7-5-6-8-11(9,13-2)14-3/h9H,4-8H2,1-3H3. The Hall–Kier alpha value is -0.610. The molecule has 1 fully saturated rings. The van der Waals surface area contributed by atoms with E-state index in [2.05, 4.69) is 0 Å². The van der Waals surface area contributed by atoms with Gasteiger partial charge in [0.1, 0.15) is 5.92 Å². The van der Waals surface area contributed by atoms with E-state index in [0.29, 0.717) is 6.61 Å². The molecule has 0 N–H and O–H groups in total. The van der Waals surface area contributed by atoms with Gasteiger partial charge in [0.05, 0.1) is 6.61 Å². The van der Waals surface area contributed by atoms with Crippen LogP contribution in [-0.2, 0) is 19.0 Å². The smallest absolute Gasteiger partial charge is 0.314 e. The van der Waals surface area contributed by atoms with Gasteiger partial charge in [-0.25, -0.2) is 0 Å². The van der Waals surface area contributed by atoms with Crippen LogP contribution < -0.4 is 0 Å². The van der Waals surface area contributed by atoms with Crippen molar-refractivity contribution >= 4 is 5.97 Å². The van der Waals surface area contributed by atoms with E-state index in [-0.39, 0.29) is 11.9 Å². The SMILES string of the molecule is CCOC(=O)C1CCCCC1(OC)OC. The van der Waals surface area contributed by atoms with E-state index in [0.717, 1.165) is 25.7 Å². The number of hydrogen-bond acceptors (Lipinski definition) is 4. The second kappa shape index (κ2) is 5.47. The molecule has 1 unspecified atom stereocenters. The Kier molecular flexibility index (Phi) is 4.54. The first kappa shape index (κ1) is 12.5. The second-order valence-corrected chi connectivity index (χ2v) is 3.77. The maximum absolute atomic E-state index is 11.7. The molecular weight excluding hydrogens is 196 g/mol. The molecule has 0 bridgehead atoms. The highest BCUT2D eigenvalue weighted by atomic mass is 16.7. The lowest BCUT2D eigenvalue weighted by Gasteiger charge is -2.40. The lowest BCUT2D eigenvalue weighted by molar-refractivity contribution is -0.256. The molecule has 0 aliphatic heterocycles. The van der Waals surface area contributed by atoms with Gasteiger partial charge >= 0.3 is 5.97 Å². The molecule has 0 aromatic rings. The van der Waals surface area contributed by atoms with E-state index in [4.69, 9.17) is 14.2 Å². The van der Waals surface area contributed by atoms with Gasteiger partial charge in [-0.3, -0.25) is 4.79 Å². The first-order valence-electron chi connectivity index (χ1n) is 5.47. The maximum Gasteiger partial charge on any atom is 0.314 e. The Labute approximate surface area is 90.9 Å². The molecule has 0 aromatic heterocycles. The Morgan fingerprint density at radius 3 is 2.53 bits per heavy atom. The molecule has 0 heterocycles. The largest absolute Gasteiger partial charge is 0.466 e. The second-order valence-electron chi connectivity index (χ2n) is 3.77.